The van der Waals surface area contributed by atoms with Gasteiger partial charge in [-0.1, -0.05) is 17.7 Å². The first-order chi connectivity index (χ1) is 12.0. The molecule has 5 N–H and O–H groups in total. The lowest BCUT2D eigenvalue weighted by Gasteiger charge is -2.32. The van der Waals surface area contributed by atoms with Crippen molar-refractivity contribution in [3.63, 3.8) is 0 Å². The number of carbonyl (C=O) groups is 1. The second-order valence-corrected chi connectivity index (χ2v) is 6.32. The zero-order valence-electron chi connectivity index (χ0n) is 13.7. The van der Waals surface area contributed by atoms with Crippen LogP contribution in [0.4, 0.5) is 17.6 Å². The SMILES string of the molecule is NC(=O)C1CCN(c2ncccc2CNc2cc(Cl)nc(N)n2)CC1. The number of carbonyl (C=O) groups excluding carboxylic acids is 1. The Hall–Kier alpha value is -2.61. The standard InChI is InChI=1S/C16H20ClN7O/c17-12-8-13(23-16(19)22-12)21-9-11-2-1-5-20-15(11)24-6-3-10(4-7-24)14(18)25/h1-2,5,8,10H,3-4,6-7,9H2,(H2,18,25)(H3,19,21,22,23). The second-order valence-electron chi connectivity index (χ2n) is 5.94. The number of amides is 1. The zero-order valence-corrected chi connectivity index (χ0v) is 14.4. The molecule has 2 aromatic heterocycles. The minimum Gasteiger partial charge on any atom is -0.369 e. The number of rotatable bonds is 5. The smallest absolute Gasteiger partial charge is 0.223 e. The number of hydrogen-bond acceptors (Lipinski definition) is 7. The Morgan fingerprint density at radius 1 is 1.36 bits per heavy atom. The third-order valence-electron chi connectivity index (χ3n) is 4.24. The maximum absolute atomic E-state index is 11.3. The number of nitrogens with two attached hydrogens (primary N) is 2. The van der Waals surface area contributed by atoms with Crippen LogP contribution in [0, 0.1) is 5.92 Å². The van der Waals surface area contributed by atoms with E-state index in [1.54, 1.807) is 12.3 Å². The molecule has 25 heavy (non-hydrogen) atoms. The van der Waals surface area contributed by atoms with Gasteiger partial charge in [0.05, 0.1) is 0 Å². The van der Waals surface area contributed by atoms with Crippen LogP contribution in [-0.4, -0.2) is 33.9 Å². The first-order valence-electron chi connectivity index (χ1n) is 8.05. The molecule has 0 atom stereocenters. The average Bonchev–Trinajstić information content (AvgIpc) is 2.59. The van der Waals surface area contributed by atoms with Gasteiger partial charge in [-0.2, -0.15) is 4.98 Å². The van der Waals surface area contributed by atoms with Gasteiger partial charge in [0.25, 0.3) is 0 Å². The summed E-state index contributed by atoms with van der Waals surface area (Å²) in [5, 5.41) is 3.48. The largest absolute Gasteiger partial charge is 0.369 e. The molecule has 0 saturated carbocycles. The minimum absolute atomic E-state index is 0.0485. The van der Waals surface area contributed by atoms with Crippen LogP contribution in [0.3, 0.4) is 0 Å². The third-order valence-corrected chi connectivity index (χ3v) is 4.43. The molecule has 3 rings (SSSR count). The van der Waals surface area contributed by atoms with Crippen molar-refractivity contribution in [2.75, 3.05) is 29.0 Å². The van der Waals surface area contributed by atoms with Crippen LogP contribution >= 0.6 is 11.6 Å². The van der Waals surface area contributed by atoms with Crippen LogP contribution in [-0.2, 0) is 11.3 Å². The van der Waals surface area contributed by atoms with E-state index in [1.165, 1.54) is 0 Å². The van der Waals surface area contributed by atoms with Crippen molar-refractivity contribution in [2.45, 2.75) is 19.4 Å². The van der Waals surface area contributed by atoms with E-state index < -0.39 is 0 Å². The number of piperidine rings is 1. The highest BCUT2D eigenvalue weighted by molar-refractivity contribution is 6.29. The van der Waals surface area contributed by atoms with E-state index in [1.807, 2.05) is 12.1 Å². The molecule has 3 heterocycles. The molecule has 0 radical (unpaired) electrons. The number of nitrogens with zero attached hydrogens (tertiary/aromatic N) is 4. The van der Waals surface area contributed by atoms with Crippen molar-refractivity contribution < 1.29 is 4.79 Å². The molecule has 8 nitrogen and oxygen atoms in total. The van der Waals surface area contributed by atoms with E-state index in [4.69, 9.17) is 23.1 Å². The van der Waals surface area contributed by atoms with Gasteiger partial charge >= 0.3 is 0 Å². The average molecular weight is 362 g/mol. The third kappa shape index (κ3) is 4.27. The Labute approximate surface area is 150 Å². The first-order valence-corrected chi connectivity index (χ1v) is 8.43. The van der Waals surface area contributed by atoms with Crippen molar-refractivity contribution in [3.05, 3.63) is 35.1 Å². The Bertz CT molecular complexity index is 742. The highest BCUT2D eigenvalue weighted by atomic mass is 35.5. The molecule has 132 valence electrons. The molecule has 1 amide bonds. The summed E-state index contributed by atoms with van der Waals surface area (Å²) in [5.41, 5.74) is 12.0. The molecule has 0 bridgehead atoms. The van der Waals surface area contributed by atoms with Crippen molar-refractivity contribution in [2.24, 2.45) is 11.7 Å². The number of primary amides is 1. The minimum atomic E-state index is -0.221. The topological polar surface area (TPSA) is 123 Å². The Balaban J connectivity index is 1.70. The molecular formula is C16H20ClN7O. The van der Waals surface area contributed by atoms with Gasteiger partial charge in [0.2, 0.25) is 11.9 Å². The van der Waals surface area contributed by atoms with Gasteiger partial charge in [-0.05, 0) is 18.9 Å². The quantitative estimate of drug-likeness (QED) is 0.688. The fraction of sp³-hybridized carbons (Fsp3) is 0.375. The number of halogens is 1. The lowest BCUT2D eigenvalue weighted by Crippen LogP contribution is -2.39. The van der Waals surface area contributed by atoms with E-state index >= 15 is 0 Å². The van der Waals surface area contributed by atoms with Gasteiger partial charge < -0.3 is 21.7 Å². The molecule has 1 saturated heterocycles. The number of anilines is 3. The van der Waals surface area contributed by atoms with Crippen molar-refractivity contribution in [1.82, 2.24) is 15.0 Å². The number of nitrogen functional groups attached to an aromatic ring is 1. The van der Waals surface area contributed by atoms with Gasteiger partial charge in [0, 0.05) is 43.4 Å². The summed E-state index contributed by atoms with van der Waals surface area (Å²) in [6.45, 7) is 2.03. The summed E-state index contributed by atoms with van der Waals surface area (Å²) in [6, 6.07) is 5.51. The number of nitrogens with one attached hydrogen (secondary N) is 1. The van der Waals surface area contributed by atoms with E-state index in [0.717, 1.165) is 37.3 Å². The molecular weight excluding hydrogens is 342 g/mol. The predicted octanol–water partition coefficient (Wildman–Crippen LogP) is 1.42. The highest BCUT2D eigenvalue weighted by Crippen LogP contribution is 2.25. The van der Waals surface area contributed by atoms with Crippen LogP contribution in [0.5, 0.6) is 0 Å². The van der Waals surface area contributed by atoms with E-state index in [9.17, 15) is 4.79 Å². The van der Waals surface area contributed by atoms with E-state index in [2.05, 4.69) is 25.2 Å². The normalized spacial score (nSPS) is 15.2. The second kappa shape index (κ2) is 7.52. The maximum Gasteiger partial charge on any atom is 0.223 e. The van der Waals surface area contributed by atoms with Crippen LogP contribution in [0.1, 0.15) is 18.4 Å². The van der Waals surface area contributed by atoms with Gasteiger partial charge in [-0.15, -0.1) is 0 Å². The highest BCUT2D eigenvalue weighted by Gasteiger charge is 2.24. The Morgan fingerprint density at radius 3 is 2.80 bits per heavy atom. The van der Waals surface area contributed by atoms with Gasteiger partial charge in [0.15, 0.2) is 0 Å². The lowest BCUT2D eigenvalue weighted by molar-refractivity contribution is -0.122. The molecule has 1 aliphatic heterocycles. The molecule has 0 aliphatic carbocycles. The van der Waals surface area contributed by atoms with E-state index in [0.29, 0.717) is 12.4 Å². The number of aromatic nitrogens is 3. The summed E-state index contributed by atoms with van der Waals surface area (Å²) in [7, 11) is 0. The molecule has 0 unspecified atom stereocenters. The number of pyridine rings is 1. The summed E-state index contributed by atoms with van der Waals surface area (Å²) in [4.78, 5) is 25.9. The monoisotopic (exact) mass is 361 g/mol. The van der Waals surface area contributed by atoms with E-state index in [-0.39, 0.29) is 22.9 Å². The summed E-state index contributed by atoms with van der Waals surface area (Å²) < 4.78 is 0. The summed E-state index contributed by atoms with van der Waals surface area (Å²) in [5.74, 6) is 1.30. The van der Waals surface area contributed by atoms with Gasteiger partial charge in [-0.25, -0.2) is 9.97 Å². The fourth-order valence-electron chi connectivity index (χ4n) is 2.94. The molecule has 9 heteroatoms. The fourth-order valence-corrected chi connectivity index (χ4v) is 3.13. The van der Waals surface area contributed by atoms with Crippen LogP contribution in [0.2, 0.25) is 5.15 Å². The number of hydrogen-bond donors (Lipinski definition) is 3. The Kier molecular flexibility index (Phi) is 5.18. The summed E-state index contributed by atoms with van der Waals surface area (Å²) in [6.07, 6.45) is 3.26. The Morgan fingerprint density at radius 2 is 2.12 bits per heavy atom. The lowest BCUT2D eigenvalue weighted by atomic mass is 9.96. The van der Waals surface area contributed by atoms with Gasteiger partial charge in [0.1, 0.15) is 16.8 Å². The molecule has 2 aromatic rings. The van der Waals surface area contributed by atoms with Gasteiger partial charge in [-0.3, -0.25) is 4.79 Å². The molecule has 0 aromatic carbocycles. The molecule has 1 fully saturated rings. The summed E-state index contributed by atoms with van der Waals surface area (Å²) >= 11 is 5.89. The van der Waals surface area contributed by atoms with Crippen LogP contribution in [0.15, 0.2) is 24.4 Å². The first kappa shape index (κ1) is 17.2. The van der Waals surface area contributed by atoms with Crippen molar-refractivity contribution >= 4 is 35.1 Å². The van der Waals surface area contributed by atoms with Crippen molar-refractivity contribution in [1.29, 1.82) is 0 Å². The molecule has 0 spiro atoms. The van der Waals surface area contributed by atoms with Crippen molar-refractivity contribution in [3.8, 4) is 0 Å². The maximum atomic E-state index is 11.3. The van der Waals surface area contributed by atoms with Crippen LogP contribution in [0.25, 0.3) is 0 Å². The molecule has 1 aliphatic rings. The predicted molar refractivity (Wildman–Crippen MR) is 97.1 cm³/mol. The van der Waals surface area contributed by atoms with Crippen LogP contribution < -0.4 is 21.7 Å². The zero-order chi connectivity index (χ0) is 17.8.